The smallest absolute Gasteiger partial charge is 0.321 e. The summed E-state index contributed by atoms with van der Waals surface area (Å²) in [6.45, 7) is 0. The first-order valence-corrected chi connectivity index (χ1v) is 5.79. The number of amides is 4. The first-order valence-electron chi connectivity index (χ1n) is 5.79. The standard InChI is InChI=1S/C11H12N4O5/c16-6-3-4-12-9(8(6)18)15-11(20)13-5-1-2-7(17)14-10(5)19/h3-5,18H,1-2H2,(H,14,17,19)(H3,12,13,15,16,20). The van der Waals surface area contributed by atoms with Gasteiger partial charge < -0.3 is 15.4 Å². The summed E-state index contributed by atoms with van der Waals surface area (Å²) in [5, 5.41) is 16.1. The number of carbonyl (C=O) groups excluding carboxylic acids is 3. The van der Waals surface area contributed by atoms with Gasteiger partial charge in [-0.1, -0.05) is 0 Å². The van der Waals surface area contributed by atoms with E-state index in [0.717, 1.165) is 6.07 Å². The number of hydrogen-bond donors (Lipinski definition) is 5. The number of aromatic amines is 1. The van der Waals surface area contributed by atoms with Crippen LogP contribution in [-0.2, 0) is 9.59 Å². The molecular formula is C11H12N4O5. The van der Waals surface area contributed by atoms with Gasteiger partial charge in [0.05, 0.1) is 0 Å². The zero-order chi connectivity index (χ0) is 14.7. The van der Waals surface area contributed by atoms with E-state index in [1.165, 1.54) is 6.20 Å². The van der Waals surface area contributed by atoms with Crippen molar-refractivity contribution in [2.75, 3.05) is 5.32 Å². The van der Waals surface area contributed by atoms with Crippen molar-refractivity contribution in [2.24, 2.45) is 0 Å². The molecule has 0 bridgehead atoms. The third-order valence-electron chi connectivity index (χ3n) is 2.72. The fourth-order valence-corrected chi connectivity index (χ4v) is 1.71. The van der Waals surface area contributed by atoms with Crippen LogP contribution < -0.4 is 21.4 Å². The van der Waals surface area contributed by atoms with Gasteiger partial charge in [0.15, 0.2) is 5.82 Å². The number of H-pyrrole nitrogens is 1. The van der Waals surface area contributed by atoms with E-state index in [2.05, 4.69) is 20.9 Å². The Morgan fingerprint density at radius 2 is 2.10 bits per heavy atom. The predicted molar refractivity (Wildman–Crippen MR) is 67.1 cm³/mol. The van der Waals surface area contributed by atoms with Gasteiger partial charge in [0, 0.05) is 18.7 Å². The first kappa shape index (κ1) is 13.6. The van der Waals surface area contributed by atoms with Crippen molar-refractivity contribution in [1.82, 2.24) is 15.6 Å². The molecule has 2 heterocycles. The predicted octanol–water partition coefficient (Wildman–Crippen LogP) is -0.993. The number of carbonyl (C=O) groups is 3. The molecule has 1 atom stereocenters. The number of aromatic nitrogens is 1. The lowest BCUT2D eigenvalue weighted by Gasteiger charge is -2.21. The lowest BCUT2D eigenvalue weighted by atomic mass is 10.1. The van der Waals surface area contributed by atoms with Crippen molar-refractivity contribution >= 4 is 23.7 Å². The Kier molecular flexibility index (Phi) is 3.69. The van der Waals surface area contributed by atoms with Crippen LogP contribution in [0.25, 0.3) is 0 Å². The molecule has 5 N–H and O–H groups in total. The molecule has 9 heteroatoms. The zero-order valence-electron chi connectivity index (χ0n) is 10.2. The average molecular weight is 280 g/mol. The molecule has 1 aromatic heterocycles. The number of aromatic hydroxyl groups is 1. The highest BCUT2D eigenvalue weighted by Gasteiger charge is 2.27. The molecule has 1 aliphatic heterocycles. The molecule has 1 saturated heterocycles. The quantitative estimate of drug-likeness (QED) is 0.442. The van der Waals surface area contributed by atoms with Gasteiger partial charge in [0.1, 0.15) is 6.04 Å². The summed E-state index contributed by atoms with van der Waals surface area (Å²) in [5.41, 5.74) is -0.653. The second-order valence-corrected chi connectivity index (χ2v) is 4.17. The van der Waals surface area contributed by atoms with Crippen molar-refractivity contribution < 1.29 is 19.5 Å². The summed E-state index contributed by atoms with van der Waals surface area (Å²) in [7, 11) is 0. The molecule has 2 rings (SSSR count). The summed E-state index contributed by atoms with van der Waals surface area (Å²) < 4.78 is 0. The molecule has 0 aliphatic carbocycles. The normalized spacial score (nSPS) is 18.3. The van der Waals surface area contributed by atoms with Gasteiger partial charge in [0.25, 0.3) is 0 Å². The maximum atomic E-state index is 11.7. The van der Waals surface area contributed by atoms with Gasteiger partial charge in [-0.3, -0.25) is 25.0 Å². The van der Waals surface area contributed by atoms with E-state index in [1.54, 1.807) is 0 Å². The van der Waals surface area contributed by atoms with Crippen molar-refractivity contribution in [3.63, 3.8) is 0 Å². The molecule has 4 amide bonds. The van der Waals surface area contributed by atoms with Crippen molar-refractivity contribution in [3.8, 4) is 5.75 Å². The minimum absolute atomic E-state index is 0.129. The number of imide groups is 1. The molecule has 106 valence electrons. The van der Waals surface area contributed by atoms with Gasteiger partial charge in [0.2, 0.25) is 23.0 Å². The maximum absolute atomic E-state index is 11.7. The van der Waals surface area contributed by atoms with Crippen LogP contribution >= 0.6 is 0 Å². The van der Waals surface area contributed by atoms with Crippen LogP contribution in [0.5, 0.6) is 5.75 Å². The van der Waals surface area contributed by atoms with E-state index in [4.69, 9.17) is 0 Å². The largest absolute Gasteiger partial charge is 0.502 e. The van der Waals surface area contributed by atoms with Crippen LogP contribution in [-0.4, -0.2) is 34.0 Å². The number of nitrogens with one attached hydrogen (secondary N) is 4. The lowest BCUT2D eigenvalue weighted by molar-refractivity contribution is -0.134. The number of piperidine rings is 1. The van der Waals surface area contributed by atoms with E-state index < -0.39 is 35.1 Å². The fraction of sp³-hybridized carbons (Fsp3) is 0.273. The van der Waals surface area contributed by atoms with Crippen molar-refractivity contribution in [2.45, 2.75) is 18.9 Å². The molecule has 1 aromatic rings. The highest BCUT2D eigenvalue weighted by atomic mass is 16.3. The van der Waals surface area contributed by atoms with Crippen LogP contribution in [0, 0.1) is 0 Å². The Labute approximate surface area is 112 Å². The third-order valence-corrected chi connectivity index (χ3v) is 2.72. The number of anilines is 1. The molecule has 1 fully saturated rings. The first-order chi connectivity index (χ1) is 9.47. The van der Waals surface area contributed by atoms with E-state index in [-0.39, 0.29) is 18.7 Å². The second kappa shape index (κ2) is 5.43. The molecule has 1 unspecified atom stereocenters. The number of pyridine rings is 1. The van der Waals surface area contributed by atoms with Crippen LogP contribution in [0.4, 0.5) is 10.6 Å². The number of urea groups is 1. The van der Waals surface area contributed by atoms with Crippen LogP contribution in [0.1, 0.15) is 12.8 Å². The summed E-state index contributed by atoms with van der Waals surface area (Å²) >= 11 is 0. The van der Waals surface area contributed by atoms with Crippen molar-refractivity contribution in [1.29, 1.82) is 0 Å². The van der Waals surface area contributed by atoms with Crippen molar-refractivity contribution in [3.05, 3.63) is 22.5 Å². The number of hydrogen-bond acceptors (Lipinski definition) is 5. The van der Waals surface area contributed by atoms with E-state index in [9.17, 15) is 24.3 Å². The van der Waals surface area contributed by atoms with Gasteiger partial charge in [-0.25, -0.2) is 4.79 Å². The highest BCUT2D eigenvalue weighted by molar-refractivity contribution is 6.02. The second-order valence-electron chi connectivity index (χ2n) is 4.17. The van der Waals surface area contributed by atoms with E-state index in [1.807, 2.05) is 0 Å². The molecule has 0 radical (unpaired) electrons. The van der Waals surface area contributed by atoms with E-state index >= 15 is 0 Å². The number of rotatable bonds is 2. The van der Waals surface area contributed by atoms with Gasteiger partial charge in [-0.15, -0.1) is 0 Å². The summed E-state index contributed by atoms with van der Waals surface area (Å²) in [6.07, 6.45) is 1.57. The van der Waals surface area contributed by atoms with Crippen LogP contribution in [0.2, 0.25) is 0 Å². The molecule has 0 saturated carbocycles. The minimum atomic E-state index is -0.842. The summed E-state index contributed by atoms with van der Waals surface area (Å²) in [5.74, 6) is -1.80. The average Bonchev–Trinajstić information content (AvgIpc) is 2.38. The topological polar surface area (TPSA) is 140 Å². The molecule has 9 nitrogen and oxygen atoms in total. The van der Waals surface area contributed by atoms with Gasteiger partial charge in [-0.2, -0.15) is 0 Å². The van der Waals surface area contributed by atoms with Gasteiger partial charge >= 0.3 is 6.03 Å². The fourth-order valence-electron chi connectivity index (χ4n) is 1.71. The Morgan fingerprint density at radius 3 is 2.80 bits per heavy atom. The lowest BCUT2D eigenvalue weighted by Crippen LogP contribution is -2.53. The molecule has 0 aromatic carbocycles. The Hall–Kier alpha value is -2.84. The Balaban J connectivity index is 1.99. The highest BCUT2D eigenvalue weighted by Crippen LogP contribution is 2.13. The molecular weight excluding hydrogens is 268 g/mol. The van der Waals surface area contributed by atoms with Crippen LogP contribution in [0.3, 0.4) is 0 Å². The molecule has 1 aliphatic rings. The van der Waals surface area contributed by atoms with Gasteiger partial charge in [-0.05, 0) is 6.42 Å². The maximum Gasteiger partial charge on any atom is 0.321 e. The molecule has 0 spiro atoms. The monoisotopic (exact) mass is 280 g/mol. The zero-order valence-corrected chi connectivity index (χ0v) is 10.2. The third kappa shape index (κ3) is 2.94. The van der Waals surface area contributed by atoms with E-state index in [0.29, 0.717) is 0 Å². The molecule has 20 heavy (non-hydrogen) atoms. The SMILES string of the molecule is O=C1CCC(NC(=O)Nc2[nH]ccc(=O)c2O)C(=O)N1. The Bertz CT molecular complexity index is 623. The summed E-state index contributed by atoms with van der Waals surface area (Å²) in [4.78, 5) is 47.7. The Morgan fingerprint density at radius 1 is 1.35 bits per heavy atom. The van der Waals surface area contributed by atoms with Crippen LogP contribution in [0.15, 0.2) is 17.1 Å². The minimum Gasteiger partial charge on any atom is -0.502 e. The summed E-state index contributed by atoms with van der Waals surface area (Å²) in [6, 6.07) is -0.527.